The SMILES string of the molecule is Cc1ccccc1C(=O)C=[N+]=[N-]. The Kier molecular flexibility index (Phi) is 2.51. The molecule has 0 fully saturated rings. The fraction of sp³-hybridized carbons (Fsp3) is 0.111. The van der Waals surface area contributed by atoms with Crippen molar-refractivity contribution in [1.29, 1.82) is 0 Å². The van der Waals surface area contributed by atoms with Gasteiger partial charge in [-0.25, -0.2) is 0 Å². The van der Waals surface area contributed by atoms with Gasteiger partial charge in [0.1, 0.15) is 0 Å². The van der Waals surface area contributed by atoms with Gasteiger partial charge in [0.05, 0.1) is 0 Å². The average molecular weight is 160 g/mol. The van der Waals surface area contributed by atoms with E-state index in [1.165, 1.54) is 0 Å². The van der Waals surface area contributed by atoms with Crippen molar-refractivity contribution >= 4 is 12.0 Å². The van der Waals surface area contributed by atoms with Crippen LogP contribution >= 0.6 is 0 Å². The van der Waals surface area contributed by atoms with E-state index in [9.17, 15) is 4.79 Å². The zero-order valence-electron chi connectivity index (χ0n) is 6.69. The number of hydrogen-bond acceptors (Lipinski definition) is 1. The number of carbonyl (C=O) groups is 1. The third-order valence-corrected chi connectivity index (χ3v) is 1.59. The fourth-order valence-corrected chi connectivity index (χ4v) is 0.971. The minimum absolute atomic E-state index is 0.282. The summed E-state index contributed by atoms with van der Waals surface area (Å²) in [5.41, 5.74) is 9.58. The Morgan fingerprint density at radius 3 is 2.75 bits per heavy atom. The van der Waals surface area contributed by atoms with Gasteiger partial charge in [-0.1, -0.05) is 24.3 Å². The molecule has 0 N–H and O–H groups in total. The fourth-order valence-electron chi connectivity index (χ4n) is 0.971. The molecule has 3 nitrogen and oxygen atoms in total. The molecule has 0 aliphatic rings. The molecule has 12 heavy (non-hydrogen) atoms. The summed E-state index contributed by atoms with van der Waals surface area (Å²) in [5.74, 6) is -0.282. The molecule has 0 spiro atoms. The smallest absolute Gasteiger partial charge is 0.328 e. The summed E-state index contributed by atoms with van der Waals surface area (Å²) in [6, 6.07) is 7.14. The van der Waals surface area contributed by atoms with Gasteiger partial charge in [-0.05, 0) is 12.5 Å². The van der Waals surface area contributed by atoms with Gasteiger partial charge in [0.15, 0.2) is 0 Å². The van der Waals surface area contributed by atoms with Gasteiger partial charge in [0, 0.05) is 5.56 Å². The first kappa shape index (κ1) is 8.37. The molecule has 0 bridgehead atoms. The third kappa shape index (κ3) is 1.65. The van der Waals surface area contributed by atoms with E-state index in [0.717, 1.165) is 11.8 Å². The highest BCUT2D eigenvalue weighted by molar-refractivity contribution is 6.33. The maximum atomic E-state index is 11.2. The maximum absolute atomic E-state index is 11.2. The summed E-state index contributed by atoms with van der Waals surface area (Å²) in [5, 5.41) is 0. The molecule has 0 atom stereocenters. The van der Waals surface area contributed by atoms with Crippen LogP contribution in [0.15, 0.2) is 24.3 Å². The Bertz CT molecular complexity index is 351. The van der Waals surface area contributed by atoms with Gasteiger partial charge in [0.25, 0.3) is 5.78 Å². The van der Waals surface area contributed by atoms with E-state index in [0.29, 0.717) is 5.56 Å². The predicted molar refractivity (Wildman–Crippen MR) is 45.2 cm³/mol. The quantitative estimate of drug-likeness (QED) is 0.280. The lowest BCUT2D eigenvalue weighted by Crippen LogP contribution is -2.02. The summed E-state index contributed by atoms with van der Waals surface area (Å²) in [6.07, 6.45) is 0.891. The van der Waals surface area contributed by atoms with E-state index >= 15 is 0 Å². The van der Waals surface area contributed by atoms with Gasteiger partial charge in [-0.3, -0.25) is 4.79 Å². The van der Waals surface area contributed by atoms with Crippen LogP contribution in [0, 0.1) is 6.92 Å². The number of rotatable bonds is 2. The lowest BCUT2D eigenvalue weighted by Gasteiger charge is -1.96. The van der Waals surface area contributed by atoms with Crippen molar-refractivity contribution in [3.05, 3.63) is 40.9 Å². The highest BCUT2D eigenvalue weighted by Crippen LogP contribution is 2.05. The van der Waals surface area contributed by atoms with E-state index in [1.54, 1.807) is 12.1 Å². The Labute approximate surface area is 70.3 Å². The van der Waals surface area contributed by atoms with Crippen LogP contribution in [-0.2, 0) is 0 Å². The zero-order valence-corrected chi connectivity index (χ0v) is 6.69. The standard InChI is InChI=1S/C9H8N2O/c1-7-4-2-3-5-8(7)9(12)6-11-10/h2-6H,1H3. The summed E-state index contributed by atoms with van der Waals surface area (Å²) in [6.45, 7) is 1.83. The first-order chi connectivity index (χ1) is 5.75. The molecule has 0 aliphatic heterocycles. The number of Topliss-reactive ketones (excluding diaryl/α,β-unsaturated/α-hetero) is 1. The van der Waals surface area contributed by atoms with Crippen LogP contribution in [0.5, 0.6) is 0 Å². The highest BCUT2D eigenvalue weighted by atomic mass is 16.1. The van der Waals surface area contributed by atoms with Crippen LogP contribution in [0.2, 0.25) is 0 Å². The van der Waals surface area contributed by atoms with E-state index in [4.69, 9.17) is 5.53 Å². The molecule has 3 heteroatoms. The van der Waals surface area contributed by atoms with Crippen molar-refractivity contribution < 1.29 is 9.58 Å². The predicted octanol–water partition coefficient (Wildman–Crippen LogP) is 1.48. The van der Waals surface area contributed by atoms with Crippen LogP contribution < -0.4 is 0 Å². The summed E-state index contributed by atoms with van der Waals surface area (Å²) in [4.78, 5) is 13.8. The van der Waals surface area contributed by atoms with Crippen molar-refractivity contribution in [3.8, 4) is 0 Å². The molecular weight excluding hydrogens is 152 g/mol. The number of ketones is 1. The second-order valence-corrected chi connectivity index (χ2v) is 2.42. The number of aryl methyl sites for hydroxylation is 1. The Morgan fingerprint density at radius 2 is 2.17 bits per heavy atom. The van der Waals surface area contributed by atoms with E-state index in [1.807, 2.05) is 19.1 Å². The highest BCUT2D eigenvalue weighted by Gasteiger charge is 2.08. The molecule has 1 aromatic rings. The van der Waals surface area contributed by atoms with E-state index < -0.39 is 0 Å². The van der Waals surface area contributed by atoms with Gasteiger partial charge >= 0.3 is 6.21 Å². The van der Waals surface area contributed by atoms with Crippen LogP contribution in [0.4, 0.5) is 0 Å². The van der Waals surface area contributed by atoms with Crippen molar-refractivity contribution in [2.24, 2.45) is 0 Å². The maximum Gasteiger partial charge on any atom is 0.328 e. The first-order valence-corrected chi connectivity index (χ1v) is 3.53. The van der Waals surface area contributed by atoms with Crippen LogP contribution in [0.3, 0.4) is 0 Å². The van der Waals surface area contributed by atoms with Gasteiger partial charge in [-0.2, -0.15) is 4.79 Å². The summed E-state index contributed by atoms with van der Waals surface area (Å²) < 4.78 is 0. The molecular formula is C9H8N2O. The van der Waals surface area contributed by atoms with Crippen molar-refractivity contribution in [1.82, 2.24) is 0 Å². The van der Waals surface area contributed by atoms with E-state index in [-0.39, 0.29) is 5.78 Å². The Morgan fingerprint density at radius 1 is 1.50 bits per heavy atom. The normalized spacial score (nSPS) is 8.75. The second kappa shape index (κ2) is 3.60. The number of benzene rings is 1. The molecule has 0 aliphatic carbocycles. The van der Waals surface area contributed by atoms with Gasteiger partial charge < -0.3 is 5.53 Å². The van der Waals surface area contributed by atoms with Crippen LogP contribution in [0.25, 0.3) is 5.53 Å². The minimum atomic E-state index is -0.282. The molecule has 60 valence electrons. The van der Waals surface area contributed by atoms with Gasteiger partial charge in [-0.15, -0.1) is 0 Å². The molecule has 0 amide bonds. The topological polar surface area (TPSA) is 53.5 Å². The molecule has 0 aromatic heterocycles. The van der Waals surface area contributed by atoms with Crippen molar-refractivity contribution in [3.63, 3.8) is 0 Å². The zero-order chi connectivity index (χ0) is 8.97. The first-order valence-electron chi connectivity index (χ1n) is 3.53. The van der Waals surface area contributed by atoms with Crippen LogP contribution in [0.1, 0.15) is 15.9 Å². The molecule has 0 radical (unpaired) electrons. The minimum Gasteiger partial charge on any atom is -0.361 e. The largest absolute Gasteiger partial charge is 0.361 e. The monoisotopic (exact) mass is 160 g/mol. The Hall–Kier alpha value is -1.73. The third-order valence-electron chi connectivity index (χ3n) is 1.59. The molecule has 1 aromatic carbocycles. The second-order valence-electron chi connectivity index (χ2n) is 2.42. The van der Waals surface area contributed by atoms with Gasteiger partial charge in [0.2, 0.25) is 0 Å². The van der Waals surface area contributed by atoms with Crippen molar-refractivity contribution in [2.45, 2.75) is 6.92 Å². The van der Waals surface area contributed by atoms with Crippen molar-refractivity contribution in [2.75, 3.05) is 0 Å². The molecule has 0 heterocycles. The van der Waals surface area contributed by atoms with E-state index in [2.05, 4.69) is 4.79 Å². The number of hydrogen-bond donors (Lipinski definition) is 0. The average Bonchev–Trinajstić information content (AvgIpc) is 2.05. The lowest BCUT2D eigenvalue weighted by atomic mass is 10.1. The molecule has 0 saturated carbocycles. The Balaban J connectivity index is 3.11. The molecule has 0 unspecified atom stereocenters. The molecule has 0 saturated heterocycles. The van der Waals surface area contributed by atoms with Crippen LogP contribution in [-0.4, -0.2) is 16.8 Å². The summed E-state index contributed by atoms with van der Waals surface area (Å²) >= 11 is 0. The number of nitrogens with zero attached hydrogens (tertiary/aromatic N) is 2. The molecule has 1 rings (SSSR count). The summed E-state index contributed by atoms with van der Waals surface area (Å²) in [7, 11) is 0. The lowest BCUT2D eigenvalue weighted by molar-refractivity contribution is 0.00234. The number of carbonyl (C=O) groups excluding carboxylic acids is 1.